The summed E-state index contributed by atoms with van der Waals surface area (Å²) in [7, 11) is 0. The Bertz CT molecular complexity index is 1480. The highest BCUT2D eigenvalue weighted by molar-refractivity contribution is 7.19. The lowest BCUT2D eigenvalue weighted by Crippen LogP contribution is -2.11. The molecule has 1 atom stereocenters. The molecular formula is C29H25N5OS. The van der Waals surface area contributed by atoms with E-state index in [-0.39, 0.29) is 11.9 Å². The molecule has 7 heteroatoms. The zero-order valence-electron chi connectivity index (χ0n) is 20.0. The number of carbonyl (C=O) groups is 1. The molecule has 5 rings (SSSR count). The predicted molar refractivity (Wildman–Crippen MR) is 146 cm³/mol. The van der Waals surface area contributed by atoms with Gasteiger partial charge in [0.05, 0.1) is 16.1 Å². The molecule has 2 aromatic carbocycles. The molecule has 0 spiro atoms. The summed E-state index contributed by atoms with van der Waals surface area (Å²) in [6.45, 7) is 4.17. The van der Waals surface area contributed by atoms with Crippen molar-refractivity contribution in [2.24, 2.45) is 0 Å². The van der Waals surface area contributed by atoms with Crippen molar-refractivity contribution in [1.29, 1.82) is 0 Å². The molecule has 1 amide bonds. The molecule has 6 nitrogen and oxygen atoms in total. The lowest BCUT2D eigenvalue weighted by Gasteiger charge is -2.15. The number of pyridine rings is 2. The third-order valence-electron chi connectivity index (χ3n) is 5.75. The van der Waals surface area contributed by atoms with Crippen LogP contribution in [0.5, 0.6) is 0 Å². The number of nitrogens with one attached hydrogen (secondary N) is 2. The van der Waals surface area contributed by atoms with Crippen LogP contribution in [0.25, 0.3) is 21.7 Å². The van der Waals surface area contributed by atoms with Gasteiger partial charge in [-0.1, -0.05) is 65.4 Å². The summed E-state index contributed by atoms with van der Waals surface area (Å²) in [5.41, 5.74) is 5.59. The number of aryl methyl sites for hydroxylation is 1. The molecule has 0 fully saturated rings. The van der Waals surface area contributed by atoms with Gasteiger partial charge in [-0.25, -0.2) is 9.97 Å². The predicted octanol–water partition coefficient (Wildman–Crippen LogP) is 7.00. The van der Waals surface area contributed by atoms with Crippen LogP contribution in [0.4, 0.5) is 10.9 Å². The van der Waals surface area contributed by atoms with E-state index in [1.807, 2.05) is 42.5 Å². The van der Waals surface area contributed by atoms with E-state index < -0.39 is 0 Å². The number of benzene rings is 2. The Morgan fingerprint density at radius 3 is 2.56 bits per heavy atom. The number of aromatic nitrogens is 3. The highest BCUT2D eigenvalue weighted by Gasteiger charge is 2.18. The summed E-state index contributed by atoms with van der Waals surface area (Å²) >= 11 is 1.44. The van der Waals surface area contributed by atoms with Gasteiger partial charge in [-0.15, -0.1) is 0 Å². The van der Waals surface area contributed by atoms with Gasteiger partial charge in [0.15, 0.2) is 5.13 Å². The van der Waals surface area contributed by atoms with E-state index in [2.05, 4.69) is 58.7 Å². The monoisotopic (exact) mass is 491 g/mol. The SMILES string of the molecule is Cc1cccc(-c2nc(NC(=O)c3cccnc3)sc2-c2ccnc(N[C@H](C)c3ccccc3)c2)c1. The van der Waals surface area contributed by atoms with Crippen LogP contribution in [0.3, 0.4) is 0 Å². The first-order valence-electron chi connectivity index (χ1n) is 11.6. The molecule has 0 saturated carbocycles. The topological polar surface area (TPSA) is 79.8 Å². The van der Waals surface area contributed by atoms with Gasteiger partial charge >= 0.3 is 0 Å². The van der Waals surface area contributed by atoms with Gasteiger partial charge < -0.3 is 5.32 Å². The average molecular weight is 492 g/mol. The average Bonchev–Trinajstić information content (AvgIpc) is 3.34. The molecule has 36 heavy (non-hydrogen) atoms. The fourth-order valence-electron chi connectivity index (χ4n) is 3.92. The van der Waals surface area contributed by atoms with E-state index in [4.69, 9.17) is 4.98 Å². The molecule has 3 aromatic heterocycles. The lowest BCUT2D eigenvalue weighted by molar-refractivity contribution is 0.102. The number of thiazole rings is 1. The van der Waals surface area contributed by atoms with E-state index in [0.29, 0.717) is 10.7 Å². The smallest absolute Gasteiger partial charge is 0.259 e. The van der Waals surface area contributed by atoms with Crippen LogP contribution < -0.4 is 10.6 Å². The number of hydrogen-bond acceptors (Lipinski definition) is 6. The largest absolute Gasteiger partial charge is 0.364 e. The Kier molecular flexibility index (Phi) is 6.82. The van der Waals surface area contributed by atoms with Gasteiger partial charge in [0.2, 0.25) is 0 Å². The minimum Gasteiger partial charge on any atom is -0.364 e. The van der Waals surface area contributed by atoms with Crippen molar-refractivity contribution >= 4 is 28.2 Å². The van der Waals surface area contributed by atoms with Gasteiger partial charge in [0, 0.05) is 30.2 Å². The van der Waals surface area contributed by atoms with Crippen molar-refractivity contribution < 1.29 is 4.79 Å². The Balaban J connectivity index is 1.49. The molecule has 0 saturated heterocycles. The zero-order valence-corrected chi connectivity index (χ0v) is 20.8. The Morgan fingerprint density at radius 1 is 0.917 bits per heavy atom. The van der Waals surface area contributed by atoms with Crippen LogP contribution in [-0.4, -0.2) is 20.9 Å². The molecule has 0 unspecified atom stereocenters. The molecule has 0 aliphatic heterocycles. The molecular weight excluding hydrogens is 466 g/mol. The number of nitrogens with zero attached hydrogens (tertiary/aromatic N) is 3. The number of amides is 1. The lowest BCUT2D eigenvalue weighted by atomic mass is 10.1. The molecule has 3 heterocycles. The first-order valence-corrected chi connectivity index (χ1v) is 12.5. The maximum atomic E-state index is 12.8. The molecule has 0 radical (unpaired) electrons. The zero-order chi connectivity index (χ0) is 24.9. The number of carbonyl (C=O) groups excluding carboxylic acids is 1. The Labute approximate surface area is 214 Å². The van der Waals surface area contributed by atoms with Crippen LogP contribution in [0.15, 0.2) is 97.5 Å². The molecule has 0 bridgehead atoms. The Morgan fingerprint density at radius 2 is 1.78 bits per heavy atom. The first-order chi connectivity index (χ1) is 17.6. The summed E-state index contributed by atoms with van der Waals surface area (Å²) in [6.07, 6.45) is 4.98. The van der Waals surface area contributed by atoms with Gasteiger partial charge in [0.25, 0.3) is 5.91 Å². The van der Waals surface area contributed by atoms with Gasteiger partial charge in [-0.05, 0) is 55.3 Å². The van der Waals surface area contributed by atoms with Crippen LogP contribution in [-0.2, 0) is 0 Å². The second-order valence-electron chi connectivity index (χ2n) is 8.47. The van der Waals surface area contributed by atoms with Gasteiger partial charge in [-0.3, -0.25) is 15.1 Å². The minimum atomic E-state index is -0.243. The normalized spacial score (nSPS) is 11.6. The molecule has 5 aromatic rings. The van der Waals surface area contributed by atoms with Gasteiger partial charge in [0.1, 0.15) is 5.82 Å². The third-order valence-corrected chi connectivity index (χ3v) is 6.77. The minimum absolute atomic E-state index is 0.0981. The Hall–Kier alpha value is -4.36. The van der Waals surface area contributed by atoms with Crippen molar-refractivity contribution in [3.63, 3.8) is 0 Å². The van der Waals surface area contributed by atoms with Crippen molar-refractivity contribution in [3.8, 4) is 21.7 Å². The maximum Gasteiger partial charge on any atom is 0.259 e. The molecule has 178 valence electrons. The van der Waals surface area contributed by atoms with E-state index in [9.17, 15) is 4.79 Å². The number of hydrogen-bond donors (Lipinski definition) is 2. The van der Waals surface area contributed by atoms with Gasteiger partial charge in [-0.2, -0.15) is 0 Å². The van der Waals surface area contributed by atoms with E-state index in [1.54, 1.807) is 30.7 Å². The maximum absolute atomic E-state index is 12.8. The summed E-state index contributed by atoms with van der Waals surface area (Å²) in [6, 6.07) is 26.0. The number of rotatable bonds is 7. The fraction of sp³-hybridized carbons (Fsp3) is 0.103. The summed E-state index contributed by atoms with van der Waals surface area (Å²) in [5.74, 6) is 0.529. The summed E-state index contributed by atoms with van der Waals surface area (Å²) < 4.78 is 0. The fourth-order valence-corrected chi connectivity index (χ4v) is 4.90. The van der Waals surface area contributed by atoms with Crippen molar-refractivity contribution in [1.82, 2.24) is 15.0 Å². The molecule has 0 aliphatic rings. The second kappa shape index (κ2) is 10.5. The summed E-state index contributed by atoms with van der Waals surface area (Å²) in [5, 5.41) is 6.96. The second-order valence-corrected chi connectivity index (χ2v) is 9.47. The highest BCUT2D eigenvalue weighted by Crippen LogP contribution is 2.40. The van der Waals surface area contributed by atoms with Crippen molar-refractivity contribution in [2.45, 2.75) is 19.9 Å². The summed E-state index contributed by atoms with van der Waals surface area (Å²) in [4.78, 5) is 27.1. The number of anilines is 2. The molecule has 0 aliphatic carbocycles. The van der Waals surface area contributed by atoms with Crippen LogP contribution in [0.1, 0.15) is 34.5 Å². The van der Waals surface area contributed by atoms with Crippen LogP contribution >= 0.6 is 11.3 Å². The van der Waals surface area contributed by atoms with Crippen molar-refractivity contribution in [2.75, 3.05) is 10.6 Å². The standard InChI is InChI=1S/C29H25N5OS/c1-19-8-6-11-22(16-19)26-27(36-29(33-26)34-28(35)24-12-7-14-30-18-24)23-13-15-31-25(17-23)32-20(2)21-9-4-3-5-10-21/h3-18,20H,1-2H3,(H,31,32)(H,33,34,35)/t20-/m1/s1. The molecule has 2 N–H and O–H groups in total. The van der Waals surface area contributed by atoms with Crippen LogP contribution in [0, 0.1) is 6.92 Å². The van der Waals surface area contributed by atoms with E-state index in [0.717, 1.165) is 33.1 Å². The van der Waals surface area contributed by atoms with E-state index in [1.165, 1.54) is 16.9 Å². The third kappa shape index (κ3) is 5.31. The van der Waals surface area contributed by atoms with E-state index >= 15 is 0 Å². The first kappa shape index (κ1) is 23.4. The highest BCUT2D eigenvalue weighted by atomic mass is 32.1. The quantitative estimate of drug-likeness (QED) is 0.256. The van der Waals surface area contributed by atoms with Crippen molar-refractivity contribution in [3.05, 3.63) is 114 Å². The van der Waals surface area contributed by atoms with Crippen LogP contribution in [0.2, 0.25) is 0 Å².